The van der Waals surface area contributed by atoms with Crippen molar-refractivity contribution in [1.29, 1.82) is 0 Å². The van der Waals surface area contributed by atoms with Gasteiger partial charge < -0.3 is 14.5 Å². The summed E-state index contributed by atoms with van der Waals surface area (Å²) in [4.78, 5) is 26.5. The number of thioether (sulfide) groups is 1. The van der Waals surface area contributed by atoms with Gasteiger partial charge in [-0.15, -0.1) is 0 Å². The fourth-order valence-corrected chi connectivity index (χ4v) is 3.20. The summed E-state index contributed by atoms with van der Waals surface area (Å²) in [7, 11) is 3.04. The van der Waals surface area contributed by atoms with Crippen molar-refractivity contribution in [3.8, 4) is 0 Å². The zero-order valence-electron chi connectivity index (χ0n) is 13.4. The highest BCUT2D eigenvalue weighted by atomic mass is 32.2. The van der Waals surface area contributed by atoms with Gasteiger partial charge in [0.25, 0.3) is 0 Å². The van der Waals surface area contributed by atoms with Crippen LogP contribution in [0.15, 0.2) is 29.3 Å². The van der Waals surface area contributed by atoms with E-state index in [0.29, 0.717) is 36.0 Å². The van der Waals surface area contributed by atoms with Crippen LogP contribution in [-0.2, 0) is 14.3 Å². The van der Waals surface area contributed by atoms with Gasteiger partial charge in [0.2, 0.25) is 5.91 Å². The smallest absolute Gasteiger partial charge is 0.333 e. The SMILES string of the molecule is COC(=O)/C=C1/SCC(=O)N1CCCN(C)c1ccc(F)c(F)c1. The molecule has 130 valence electrons. The van der Waals surface area contributed by atoms with Gasteiger partial charge in [-0.2, -0.15) is 0 Å². The zero-order valence-corrected chi connectivity index (χ0v) is 14.2. The number of methoxy groups -OCH3 is 1. The quantitative estimate of drug-likeness (QED) is 0.579. The van der Waals surface area contributed by atoms with E-state index in [1.807, 2.05) is 0 Å². The molecule has 24 heavy (non-hydrogen) atoms. The number of benzene rings is 1. The Hall–Kier alpha value is -2.09. The molecule has 1 heterocycles. The van der Waals surface area contributed by atoms with E-state index in [2.05, 4.69) is 4.74 Å². The number of carbonyl (C=O) groups is 2. The Kier molecular flexibility index (Phi) is 6.19. The number of ether oxygens (including phenoxy) is 1. The first-order valence-electron chi connectivity index (χ1n) is 7.31. The first kappa shape index (κ1) is 18.3. The maximum Gasteiger partial charge on any atom is 0.333 e. The summed E-state index contributed by atoms with van der Waals surface area (Å²) in [5, 5.41) is 0.572. The molecule has 0 atom stereocenters. The van der Waals surface area contributed by atoms with E-state index in [1.165, 1.54) is 31.0 Å². The van der Waals surface area contributed by atoms with Crippen molar-refractivity contribution in [3.63, 3.8) is 0 Å². The first-order valence-corrected chi connectivity index (χ1v) is 8.30. The topological polar surface area (TPSA) is 49.9 Å². The molecule has 0 radical (unpaired) electrons. The standard InChI is InChI=1S/C16H18F2N2O3S/c1-19(11-4-5-12(17)13(18)8-11)6-3-7-20-14(21)10-24-15(20)9-16(22)23-2/h4-5,8-9H,3,6-7,10H2,1-2H3/b15-9+. The highest BCUT2D eigenvalue weighted by Crippen LogP contribution is 2.29. The lowest BCUT2D eigenvalue weighted by molar-refractivity contribution is -0.134. The summed E-state index contributed by atoms with van der Waals surface area (Å²) in [5.74, 6) is -2.05. The monoisotopic (exact) mass is 356 g/mol. The van der Waals surface area contributed by atoms with Gasteiger partial charge in [-0.1, -0.05) is 11.8 Å². The number of rotatable bonds is 6. The van der Waals surface area contributed by atoms with E-state index in [9.17, 15) is 18.4 Å². The molecule has 1 fully saturated rings. The lowest BCUT2D eigenvalue weighted by atomic mass is 10.2. The summed E-state index contributed by atoms with van der Waals surface area (Å²) in [6.45, 7) is 0.980. The van der Waals surface area contributed by atoms with Gasteiger partial charge in [-0.3, -0.25) is 4.79 Å². The first-order chi connectivity index (χ1) is 11.4. The molecule has 0 unspecified atom stereocenters. The third kappa shape index (κ3) is 4.47. The Morgan fingerprint density at radius 1 is 1.42 bits per heavy atom. The number of carbonyl (C=O) groups excluding carboxylic acids is 2. The van der Waals surface area contributed by atoms with E-state index in [1.54, 1.807) is 16.8 Å². The molecule has 0 N–H and O–H groups in total. The van der Waals surface area contributed by atoms with E-state index < -0.39 is 17.6 Å². The second kappa shape index (κ2) is 8.14. The third-order valence-corrected chi connectivity index (χ3v) is 4.60. The number of anilines is 1. The summed E-state index contributed by atoms with van der Waals surface area (Å²) in [5.41, 5.74) is 0.557. The summed E-state index contributed by atoms with van der Waals surface area (Å²) >= 11 is 1.29. The summed E-state index contributed by atoms with van der Waals surface area (Å²) in [6, 6.07) is 3.71. The number of amides is 1. The van der Waals surface area contributed by atoms with Gasteiger partial charge >= 0.3 is 5.97 Å². The molecular weight excluding hydrogens is 338 g/mol. The molecule has 1 aliphatic rings. The molecule has 1 aromatic rings. The lowest BCUT2D eigenvalue weighted by Crippen LogP contribution is -2.29. The highest BCUT2D eigenvalue weighted by Gasteiger charge is 2.27. The van der Waals surface area contributed by atoms with Crippen LogP contribution in [0.5, 0.6) is 0 Å². The lowest BCUT2D eigenvalue weighted by Gasteiger charge is -2.22. The zero-order chi connectivity index (χ0) is 17.7. The molecule has 1 aliphatic heterocycles. The predicted octanol–water partition coefficient (Wildman–Crippen LogP) is 2.38. The Morgan fingerprint density at radius 2 is 2.17 bits per heavy atom. The predicted molar refractivity (Wildman–Crippen MR) is 88.5 cm³/mol. The number of nitrogens with zero attached hydrogens (tertiary/aromatic N) is 2. The molecule has 5 nitrogen and oxygen atoms in total. The molecule has 1 amide bonds. The van der Waals surface area contributed by atoms with Gasteiger partial charge in [-0.25, -0.2) is 13.6 Å². The van der Waals surface area contributed by atoms with Crippen LogP contribution in [0.1, 0.15) is 6.42 Å². The number of esters is 1. The van der Waals surface area contributed by atoms with Crippen molar-refractivity contribution in [2.24, 2.45) is 0 Å². The van der Waals surface area contributed by atoms with Crippen LogP contribution in [0.25, 0.3) is 0 Å². The summed E-state index contributed by atoms with van der Waals surface area (Å²) < 4.78 is 30.8. The third-order valence-electron chi connectivity index (χ3n) is 3.57. The van der Waals surface area contributed by atoms with Gasteiger partial charge in [-0.05, 0) is 18.6 Å². The summed E-state index contributed by atoms with van der Waals surface area (Å²) in [6.07, 6.45) is 1.91. The van der Waals surface area contributed by atoms with Crippen LogP contribution in [-0.4, -0.2) is 49.8 Å². The molecule has 2 rings (SSSR count). The van der Waals surface area contributed by atoms with Crippen LogP contribution < -0.4 is 4.90 Å². The van der Waals surface area contributed by atoms with Crippen molar-refractivity contribution < 1.29 is 23.1 Å². The van der Waals surface area contributed by atoms with Crippen LogP contribution in [0, 0.1) is 11.6 Å². The van der Waals surface area contributed by atoms with Crippen LogP contribution >= 0.6 is 11.8 Å². The maximum atomic E-state index is 13.3. The molecule has 0 spiro atoms. The van der Waals surface area contributed by atoms with E-state index >= 15 is 0 Å². The van der Waals surface area contributed by atoms with Crippen molar-refractivity contribution in [2.75, 3.05) is 37.9 Å². The Labute approximate surface area is 143 Å². The van der Waals surface area contributed by atoms with Crippen molar-refractivity contribution in [1.82, 2.24) is 4.90 Å². The molecule has 1 aromatic carbocycles. The van der Waals surface area contributed by atoms with E-state index in [4.69, 9.17) is 0 Å². The average Bonchev–Trinajstić information content (AvgIpc) is 2.90. The van der Waals surface area contributed by atoms with Crippen molar-refractivity contribution in [3.05, 3.63) is 40.9 Å². The second-order valence-electron chi connectivity index (χ2n) is 5.21. The second-order valence-corrected chi connectivity index (χ2v) is 6.21. The number of hydrogen-bond acceptors (Lipinski definition) is 5. The van der Waals surface area contributed by atoms with Crippen molar-refractivity contribution >= 4 is 29.3 Å². The molecule has 1 saturated heterocycles. The maximum absolute atomic E-state index is 13.3. The molecule has 0 bridgehead atoms. The Balaban J connectivity index is 1.92. The van der Waals surface area contributed by atoms with Gasteiger partial charge in [0.05, 0.1) is 24.0 Å². The minimum atomic E-state index is -0.895. The Bertz CT molecular complexity index is 667. The molecule has 0 aromatic heterocycles. The fourth-order valence-electron chi connectivity index (χ4n) is 2.25. The van der Waals surface area contributed by atoms with Gasteiger partial charge in [0.1, 0.15) is 0 Å². The highest BCUT2D eigenvalue weighted by molar-refractivity contribution is 8.04. The molecule has 0 saturated carbocycles. The van der Waals surface area contributed by atoms with E-state index in [-0.39, 0.29) is 5.91 Å². The minimum Gasteiger partial charge on any atom is -0.466 e. The van der Waals surface area contributed by atoms with E-state index in [0.717, 1.165) is 12.1 Å². The molecule has 8 heteroatoms. The Morgan fingerprint density at radius 3 is 2.83 bits per heavy atom. The molecular formula is C16H18F2N2O3S. The van der Waals surface area contributed by atoms with Gasteiger partial charge in [0.15, 0.2) is 11.6 Å². The average molecular weight is 356 g/mol. The fraction of sp³-hybridized carbons (Fsp3) is 0.375. The van der Waals surface area contributed by atoms with Gasteiger partial charge in [0, 0.05) is 31.9 Å². The van der Waals surface area contributed by atoms with Crippen LogP contribution in [0.4, 0.5) is 14.5 Å². The minimum absolute atomic E-state index is 0.0642. The number of hydrogen-bond donors (Lipinski definition) is 0. The van der Waals surface area contributed by atoms with Crippen molar-refractivity contribution in [2.45, 2.75) is 6.42 Å². The normalized spacial score (nSPS) is 15.9. The molecule has 0 aliphatic carbocycles. The number of halogens is 2. The van der Waals surface area contributed by atoms with Crippen LogP contribution in [0.3, 0.4) is 0 Å². The largest absolute Gasteiger partial charge is 0.466 e. The van der Waals surface area contributed by atoms with Crippen LogP contribution in [0.2, 0.25) is 0 Å².